The zero-order chi connectivity index (χ0) is 36.3. The van der Waals surface area contributed by atoms with Crippen LogP contribution in [0.15, 0.2) is 73.8 Å². The Balaban J connectivity index is 1.54. The third kappa shape index (κ3) is 6.92. The maximum atomic E-state index is 15.0. The van der Waals surface area contributed by atoms with E-state index >= 15 is 4.79 Å². The minimum Gasteiger partial charge on any atom is -0.463 e. The number of ether oxygens (including phenoxy) is 2. The van der Waals surface area contributed by atoms with E-state index in [0.29, 0.717) is 18.5 Å². The maximum Gasteiger partial charge on any atom is 0.306 e. The second kappa shape index (κ2) is 15.6. The number of benzene rings is 2. The molecule has 268 valence electrons. The Labute approximate surface area is 303 Å². The molecule has 11 heteroatoms. The van der Waals surface area contributed by atoms with Crippen molar-refractivity contribution >= 4 is 45.3 Å². The summed E-state index contributed by atoms with van der Waals surface area (Å²) >= 11 is 3.75. The minimum atomic E-state index is -1.34. The molecule has 50 heavy (non-hydrogen) atoms. The normalized spacial score (nSPS) is 26.3. The average molecular weight is 751 g/mol. The largest absolute Gasteiger partial charge is 0.463 e. The zero-order valence-corrected chi connectivity index (χ0v) is 30.8. The van der Waals surface area contributed by atoms with Gasteiger partial charge in [0.1, 0.15) is 18.2 Å². The van der Waals surface area contributed by atoms with E-state index in [9.17, 15) is 19.5 Å². The Kier molecular flexibility index (Phi) is 11.7. The molecular formula is C39H48BrN3O7. The standard InChI is InChI=1S/C39H48BrN3O7/c1-7-9-15-31(45)49-22-28(26-13-11-10-12-14-26)41-36(46)32-33-37(47)43(30(21-44)23(3)4)35(39(33)20-27(40)34(32)50-39)38(48)42(18-8-2)29-19-24(5)16-17-25(29)6/h7-8,10-14,16-17,19,23,27-28,30,32-35,44H,1-2,9,15,18,20-22H2,3-6H3,(H,41,46)/t27?,28-,30-,32-,33+,34-,35-,39+/m0/s1. The number of aliphatic hydroxyl groups is 1. The lowest BCUT2D eigenvalue weighted by Gasteiger charge is -2.40. The third-order valence-corrected chi connectivity index (χ3v) is 11.1. The number of alkyl halides is 1. The van der Waals surface area contributed by atoms with Crippen LogP contribution < -0.4 is 10.2 Å². The number of amides is 3. The molecule has 8 atom stereocenters. The summed E-state index contributed by atoms with van der Waals surface area (Å²) < 4.78 is 12.3. The first-order chi connectivity index (χ1) is 23.9. The van der Waals surface area contributed by atoms with Gasteiger partial charge in [-0.1, -0.05) is 84.4 Å². The van der Waals surface area contributed by atoms with Crippen LogP contribution in [-0.2, 0) is 28.7 Å². The highest BCUT2D eigenvalue weighted by Gasteiger charge is 2.77. The van der Waals surface area contributed by atoms with Crippen LogP contribution >= 0.6 is 15.9 Å². The Bertz CT molecular complexity index is 1620. The number of allylic oxidation sites excluding steroid dienone is 1. The Morgan fingerprint density at radius 3 is 2.52 bits per heavy atom. The summed E-state index contributed by atoms with van der Waals surface area (Å²) in [6.45, 7) is 14.9. The number of esters is 1. The number of fused-ring (bicyclic) bond motifs is 1. The van der Waals surface area contributed by atoms with Crippen LogP contribution in [0.1, 0.15) is 55.8 Å². The van der Waals surface area contributed by atoms with Crippen molar-refractivity contribution in [3.8, 4) is 0 Å². The van der Waals surface area contributed by atoms with Crippen molar-refractivity contribution in [1.82, 2.24) is 10.2 Å². The molecule has 3 fully saturated rings. The first-order valence-electron chi connectivity index (χ1n) is 17.3. The van der Waals surface area contributed by atoms with E-state index in [1.165, 1.54) is 4.90 Å². The molecule has 2 aromatic rings. The van der Waals surface area contributed by atoms with E-state index in [1.807, 2.05) is 76.2 Å². The second-order valence-electron chi connectivity index (χ2n) is 13.9. The fourth-order valence-electron chi connectivity index (χ4n) is 7.86. The van der Waals surface area contributed by atoms with E-state index < -0.39 is 59.5 Å². The summed E-state index contributed by atoms with van der Waals surface area (Å²) in [6, 6.07) is 12.5. The molecule has 5 rings (SSSR count). The SMILES string of the molecule is C=CCCC(=O)OC[C@H](NC(=O)[C@@H]1[C@H]2O[C@@]3(CC2Br)[C@H](C(=O)N(CC=C)c2cc(C)ccc2C)N([C@@H](CO)C(C)C)C(=O)[C@@H]13)c1ccccc1. The number of hydrogen-bond acceptors (Lipinski definition) is 7. The van der Waals surface area contributed by atoms with Crippen molar-refractivity contribution in [3.63, 3.8) is 0 Å². The van der Waals surface area contributed by atoms with Crippen molar-refractivity contribution in [3.05, 3.63) is 90.5 Å². The monoisotopic (exact) mass is 749 g/mol. The van der Waals surface area contributed by atoms with Crippen LogP contribution in [-0.4, -0.2) is 82.1 Å². The number of rotatable bonds is 15. The molecule has 2 bridgehead atoms. The quantitative estimate of drug-likeness (QED) is 0.150. The van der Waals surface area contributed by atoms with Crippen LogP contribution in [0.3, 0.4) is 0 Å². The highest BCUT2D eigenvalue weighted by Crippen LogP contribution is 2.61. The molecule has 3 amide bonds. The van der Waals surface area contributed by atoms with Gasteiger partial charge in [-0.05, 0) is 55.4 Å². The molecule has 2 aromatic carbocycles. The number of aliphatic hydroxyl groups excluding tert-OH is 1. The lowest BCUT2D eigenvalue weighted by Crippen LogP contribution is -2.60. The summed E-state index contributed by atoms with van der Waals surface area (Å²) in [7, 11) is 0. The van der Waals surface area contributed by atoms with Crippen LogP contribution in [0.2, 0.25) is 0 Å². The van der Waals surface area contributed by atoms with Crippen LogP contribution in [0.5, 0.6) is 0 Å². The second-order valence-corrected chi connectivity index (χ2v) is 15.1. The number of likely N-dealkylation sites (tertiary alicyclic amines) is 1. The molecule has 2 N–H and O–H groups in total. The van der Waals surface area contributed by atoms with Crippen molar-refractivity contribution in [1.29, 1.82) is 0 Å². The number of anilines is 1. The Morgan fingerprint density at radius 1 is 1.16 bits per heavy atom. The van der Waals surface area contributed by atoms with E-state index in [1.54, 1.807) is 17.1 Å². The number of halogens is 1. The van der Waals surface area contributed by atoms with Crippen LogP contribution in [0, 0.1) is 31.6 Å². The van der Waals surface area contributed by atoms with E-state index in [0.717, 1.165) is 16.7 Å². The molecule has 0 aliphatic carbocycles. The summed E-state index contributed by atoms with van der Waals surface area (Å²) in [6.07, 6.45) is 3.54. The van der Waals surface area contributed by atoms with E-state index in [4.69, 9.17) is 9.47 Å². The Hall–Kier alpha value is -3.80. The highest BCUT2D eigenvalue weighted by molar-refractivity contribution is 9.09. The topological polar surface area (TPSA) is 125 Å². The molecule has 1 unspecified atom stereocenters. The first-order valence-corrected chi connectivity index (χ1v) is 18.2. The van der Waals surface area contributed by atoms with Crippen molar-refractivity contribution in [2.24, 2.45) is 17.8 Å². The van der Waals surface area contributed by atoms with Crippen LogP contribution in [0.25, 0.3) is 0 Å². The van der Waals surface area contributed by atoms with Gasteiger partial charge >= 0.3 is 5.97 Å². The van der Waals surface area contributed by atoms with E-state index in [-0.39, 0.29) is 42.8 Å². The number of nitrogens with one attached hydrogen (secondary N) is 1. The molecule has 0 radical (unpaired) electrons. The van der Waals surface area contributed by atoms with Gasteiger partial charge in [0.25, 0.3) is 5.91 Å². The van der Waals surface area contributed by atoms with Gasteiger partial charge in [-0.15, -0.1) is 13.2 Å². The molecule has 1 spiro atoms. The molecule has 0 aromatic heterocycles. The number of hydrogen-bond donors (Lipinski definition) is 2. The molecule has 3 aliphatic rings. The lowest BCUT2D eigenvalue weighted by molar-refractivity contribution is -0.147. The van der Waals surface area contributed by atoms with Gasteiger partial charge in [0.05, 0.1) is 36.6 Å². The summed E-state index contributed by atoms with van der Waals surface area (Å²) in [5.74, 6) is -3.75. The van der Waals surface area contributed by atoms with Gasteiger partial charge in [0, 0.05) is 23.5 Å². The number of nitrogens with zero attached hydrogens (tertiary/aromatic N) is 2. The van der Waals surface area contributed by atoms with E-state index in [2.05, 4.69) is 34.4 Å². The average Bonchev–Trinajstić information content (AvgIpc) is 3.69. The summed E-state index contributed by atoms with van der Waals surface area (Å²) in [4.78, 5) is 59.5. The predicted molar refractivity (Wildman–Crippen MR) is 194 cm³/mol. The molecule has 10 nitrogen and oxygen atoms in total. The minimum absolute atomic E-state index is 0.106. The Morgan fingerprint density at radius 2 is 1.88 bits per heavy atom. The van der Waals surface area contributed by atoms with Crippen molar-refractivity contribution < 1.29 is 33.8 Å². The maximum absolute atomic E-state index is 15.0. The summed E-state index contributed by atoms with van der Waals surface area (Å²) in [5, 5.41) is 13.7. The van der Waals surface area contributed by atoms with Gasteiger partial charge in [0.2, 0.25) is 11.8 Å². The summed E-state index contributed by atoms with van der Waals surface area (Å²) in [5.41, 5.74) is 1.93. The van der Waals surface area contributed by atoms with Gasteiger partial charge < -0.3 is 29.7 Å². The van der Waals surface area contributed by atoms with Crippen LogP contribution in [0.4, 0.5) is 5.69 Å². The number of carbonyl (C=O) groups is 4. The van der Waals surface area contributed by atoms with Gasteiger partial charge in [-0.3, -0.25) is 19.2 Å². The van der Waals surface area contributed by atoms with Crippen molar-refractivity contribution in [2.45, 2.75) is 81.6 Å². The van der Waals surface area contributed by atoms with Crippen molar-refractivity contribution in [2.75, 3.05) is 24.7 Å². The highest BCUT2D eigenvalue weighted by atomic mass is 79.9. The number of carbonyl (C=O) groups excluding carboxylic acids is 4. The smallest absolute Gasteiger partial charge is 0.306 e. The third-order valence-electron chi connectivity index (χ3n) is 10.3. The predicted octanol–water partition coefficient (Wildman–Crippen LogP) is 4.95. The zero-order valence-electron chi connectivity index (χ0n) is 29.2. The van der Waals surface area contributed by atoms with Gasteiger partial charge in [-0.2, -0.15) is 0 Å². The molecule has 3 heterocycles. The van der Waals surface area contributed by atoms with Gasteiger partial charge in [0.15, 0.2) is 0 Å². The number of aryl methyl sites for hydroxylation is 2. The molecular weight excluding hydrogens is 702 g/mol. The fourth-order valence-corrected chi connectivity index (χ4v) is 8.80. The van der Waals surface area contributed by atoms with Gasteiger partial charge in [-0.25, -0.2) is 0 Å². The molecule has 0 saturated carbocycles. The first kappa shape index (κ1) is 37.5. The fraction of sp³-hybridized carbons (Fsp3) is 0.487. The lowest BCUT2D eigenvalue weighted by atomic mass is 9.70. The molecule has 3 aliphatic heterocycles. The molecule has 3 saturated heterocycles.